The Labute approximate surface area is 78.2 Å². The summed E-state index contributed by atoms with van der Waals surface area (Å²) in [5, 5.41) is 8.95. The molecule has 1 saturated heterocycles. The molecule has 5 heteroatoms. The van der Waals surface area contributed by atoms with E-state index in [1.54, 1.807) is 7.05 Å². The average molecular weight is 187 g/mol. The maximum atomic E-state index is 8.95. The van der Waals surface area contributed by atoms with Gasteiger partial charge in [-0.15, -0.1) is 0 Å². The van der Waals surface area contributed by atoms with Gasteiger partial charge in [-0.2, -0.15) is 0 Å². The SMILES string of the molecule is CN=C(N)N1CC(C)OC(CO)C1. The van der Waals surface area contributed by atoms with E-state index in [0.717, 1.165) is 6.54 Å². The van der Waals surface area contributed by atoms with Crippen LogP contribution >= 0.6 is 0 Å². The van der Waals surface area contributed by atoms with Crippen molar-refractivity contribution in [1.29, 1.82) is 0 Å². The molecule has 0 aromatic heterocycles. The van der Waals surface area contributed by atoms with Crippen molar-refractivity contribution in [2.75, 3.05) is 26.7 Å². The smallest absolute Gasteiger partial charge is 0.191 e. The second-order valence-electron chi connectivity index (χ2n) is 3.24. The molecule has 76 valence electrons. The maximum Gasteiger partial charge on any atom is 0.191 e. The van der Waals surface area contributed by atoms with E-state index in [1.165, 1.54) is 0 Å². The summed E-state index contributed by atoms with van der Waals surface area (Å²) in [4.78, 5) is 5.82. The maximum absolute atomic E-state index is 8.95. The average Bonchev–Trinajstić information content (AvgIpc) is 2.15. The fraction of sp³-hybridized carbons (Fsp3) is 0.875. The van der Waals surface area contributed by atoms with Crippen LogP contribution in [0, 0.1) is 0 Å². The van der Waals surface area contributed by atoms with Gasteiger partial charge in [-0.1, -0.05) is 0 Å². The first-order chi connectivity index (χ1) is 6.17. The molecule has 0 aromatic rings. The molecular weight excluding hydrogens is 170 g/mol. The molecule has 13 heavy (non-hydrogen) atoms. The van der Waals surface area contributed by atoms with Crippen LogP contribution in [0.5, 0.6) is 0 Å². The molecule has 2 unspecified atom stereocenters. The molecule has 1 rings (SSSR count). The van der Waals surface area contributed by atoms with Gasteiger partial charge < -0.3 is 20.5 Å². The number of aliphatic hydroxyl groups is 1. The van der Waals surface area contributed by atoms with Crippen LogP contribution in [0.2, 0.25) is 0 Å². The summed E-state index contributed by atoms with van der Waals surface area (Å²) in [7, 11) is 1.66. The molecule has 1 aliphatic heterocycles. The minimum atomic E-state index is -0.149. The summed E-state index contributed by atoms with van der Waals surface area (Å²) < 4.78 is 5.46. The lowest BCUT2D eigenvalue weighted by Gasteiger charge is -2.36. The predicted octanol–water partition coefficient (Wildman–Crippen LogP) is -0.987. The predicted molar refractivity (Wildman–Crippen MR) is 50.5 cm³/mol. The first kappa shape index (κ1) is 10.3. The quantitative estimate of drug-likeness (QED) is 0.408. The van der Waals surface area contributed by atoms with Crippen LogP contribution < -0.4 is 5.73 Å². The van der Waals surface area contributed by atoms with Gasteiger partial charge >= 0.3 is 0 Å². The molecule has 0 bridgehead atoms. The van der Waals surface area contributed by atoms with Gasteiger partial charge in [0, 0.05) is 20.1 Å². The van der Waals surface area contributed by atoms with Crippen molar-refractivity contribution >= 4 is 5.96 Å². The van der Waals surface area contributed by atoms with E-state index >= 15 is 0 Å². The van der Waals surface area contributed by atoms with Crippen LogP contribution in [-0.2, 0) is 4.74 Å². The summed E-state index contributed by atoms with van der Waals surface area (Å²) in [6, 6.07) is 0. The zero-order valence-corrected chi connectivity index (χ0v) is 8.10. The third-order valence-corrected chi connectivity index (χ3v) is 2.08. The number of nitrogens with zero attached hydrogens (tertiary/aromatic N) is 2. The van der Waals surface area contributed by atoms with Crippen molar-refractivity contribution in [3.63, 3.8) is 0 Å². The van der Waals surface area contributed by atoms with Crippen molar-refractivity contribution in [3.05, 3.63) is 0 Å². The minimum Gasteiger partial charge on any atom is -0.394 e. The largest absolute Gasteiger partial charge is 0.394 e. The topological polar surface area (TPSA) is 71.1 Å². The molecule has 1 fully saturated rings. The van der Waals surface area contributed by atoms with E-state index in [9.17, 15) is 0 Å². The summed E-state index contributed by atoms with van der Waals surface area (Å²) in [6.45, 7) is 3.33. The van der Waals surface area contributed by atoms with Crippen LogP contribution in [0.25, 0.3) is 0 Å². The standard InChI is InChI=1S/C8H17N3O2/c1-6-3-11(8(9)10-2)4-7(5-12)13-6/h6-7,12H,3-5H2,1-2H3,(H2,9,10). The van der Waals surface area contributed by atoms with Crippen LogP contribution in [0.15, 0.2) is 4.99 Å². The van der Waals surface area contributed by atoms with E-state index in [4.69, 9.17) is 15.6 Å². The Hall–Kier alpha value is -0.810. The first-order valence-electron chi connectivity index (χ1n) is 4.41. The first-order valence-corrected chi connectivity index (χ1v) is 4.41. The van der Waals surface area contributed by atoms with Gasteiger partial charge in [0.2, 0.25) is 0 Å². The van der Waals surface area contributed by atoms with Crippen molar-refractivity contribution in [2.24, 2.45) is 10.7 Å². The van der Waals surface area contributed by atoms with Crippen LogP contribution in [-0.4, -0.2) is 54.9 Å². The second kappa shape index (κ2) is 4.43. The Morgan fingerprint density at radius 3 is 2.92 bits per heavy atom. The molecule has 1 aliphatic rings. The molecule has 0 saturated carbocycles. The lowest BCUT2D eigenvalue weighted by atomic mass is 10.2. The molecular formula is C8H17N3O2. The van der Waals surface area contributed by atoms with Crippen LogP contribution in [0.4, 0.5) is 0 Å². The number of hydrogen-bond donors (Lipinski definition) is 2. The number of morpholine rings is 1. The fourth-order valence-electron chi connectivity index (χ4n) is 1.47. The molecule has 0 amide bonds. The second-order valence-corrected chi connectivity index (χ2v) is 3.24. The van der Waals surface area contributed by atoms with Crippen LogP contribution in [0.1, 0.15) is 6.92 Å². The van der Waals surface area contributed by atoms with Gasteiger partial charge in [-0.3, -0.25) is 4.99 Å². The number of aliphatic imine (C=N–C) groups is 1. The Morgan fingerprint density at radius 1 is 1.69 bits per heavy atom. The normalized spacial score (nSPS) is 30.7. The molecule has 2 atom stereocenters. The van der Waals surface area contributed by atoms with Gasteiger partial charge in [0.15, 0.2) is 5.96 Å². The van der Waals surface area contributed by atoms with E-state index in [0.29, 0.717) is 12.5 Å². The highest BCUT2D eigenvalue weighted by atomic mass is 16.5. The summed E-state index contributed by atoms with van der Waals surface area (Å²) in [5.74, 6) is 0.508. The Bertz CT molecular complexity index is 196. The zero-order chi connectivity index (χ0) is 9.84. The number of aliphatic hydroxyl groups excluding tert-OH is 1. The van der Waals surface area contributed by atoms with Crippen molar-refractivity contribution in [3.8, 4) is 0 Å². The molecule has 1 heterocycles. The lowest BCUT2D eigenvalue weighted by Crippen LogP contribution is -2.52. The van der Waals surface area contributed by atoms with Crippen LogP contribution in [0.3, 0.4) is 0 Å². The summed E-state index contributed by atoms with van der Waals surface area (Å²) in [5.41, 5.74) is 5.67. The highest BCUT2D eigenvalue weighted by molar-refractivity contribution is 5.78. The van der Waals surface area contributed by atoms with Crippen molar-refractivity contribution in [2.45, 2.75) is 19.1 Å². The number of guanidine groups is 1. The fourth-order valence-corrected chi connectivity index (χ4v) is 1.47. The van der Waals surface area contributed by atoms with E-state index in [2.05, 4.69) is 4.99 Å². The monoisotopic (exact) mass is 187 g/mol. The Kier molecular flexibility index (Phi) is 3.50. The molecule has 5 nitrogen and oxygen atoms in total. The number of rotatable bonds is 1. The number of hydrogen-bond acceptors (Lipinski definition) is 3. The van der Waals surface area contributed by atoms with Gasteiger partial charge in [-0.25, -0.2) is 0 Å². The zero-order valence-electron chi connectivity index (χ0n) is 8.10. The van der Waals surface area contributed by atoms with E-state index in [1.807, 2.05) is 11.8 Å². The van der Waals surface area contributed by atoms with E-state index in [-0.39, 0.29) is 18.8 Å². The molecule has 0 aliphatic carbocycles. The highest BCUT2D eigenvalue weighted by Crippen LogP contribution is 2.09. The van der Waals surface area contributed by atoms with Crippen molar-refractivity contribution in [1.82, 2.24) is 4.90 Å². The van der Waals surface area contributed by atoms with Gasteiger partial charge in [0.1, 0.15) is 0 Å². The lowest BCUT2D eigenvalue weighted by molar-refractivity contribution is -0.0787. The number of ether oxygens (including phenoxy) is 1. The molecule has 0 spiro atoms. The Balaban J connectivity index is 2.56. The van der Waals surface area contributed by atoms with Crippen molar-refractivity contribution < 1.29 is 9.84 Å². The summed E-state index contributed by atoms with van der Waals surface area (Å²) in [6.07, 6.45) is -0.0600. The molecule has 3 N–H and O–H groups in total. The van der Waals surface area contributed by atoms with Gasteiger partial charge in [0.05, 0.1) is 18.8 Å². The van der Waals surface area contributed by atoms with E-state index < -0.39 is 0 Å². The van der Waals surface area contributed by atoms with Gasteiger partial charge in [0.25, 0.3) is 0 Å². The number of nitrogens with two attached hydrogens (primary N) is 1. The minimum absolute atomic E-state index is 0.0256. The molecule has 0 aromatic carbocycles. The third-order valence-electron chi connectivity index (χ3n) is 2.08. The van der Waals surface area contributed by atoms with Gasteiger partial charge in [-0.05, 0) is 6.92 Å². The Morgan fingerprint density at radius 2 is 2.38 bits per heavy atom. The molecule has 0 radical (unpaired) electrons. The highest BCUT2D eigenvalue weighted by Gasteiger charge is 2.25. The summed E-state index contributed by atoms with van der Waals surface area (Å²) >= 11 is 0. The third kappa shape index (κ3) is 2.57.